The van der Waals surface area contributed by atoms with E-state index >= 15 is 0 Å². The van der Waals surface area contributed by atoms with Crippen LogP contribution in [0.3, 0.4) is 0 Å². The molecule has 290 valence electrons. The van der Waals surface area contributed by atoms with Gasteiger partial charge in [0.05, 0.1) is 44.9 Å². The summed E-state index contributed by atoms with van der Waals surface area (Å²) < 4.78 is 13.2. The van der Waals surface area contributed by atoms with E-state index in [1.807, 2.05) is 56.3 Å². The zero-order chi connectivity index (χ0) is 38.6. The smallest absolute Gasteiger partial charge is 0.245 e. The highest BCUT2D eigenvalue weighted by Crippen LogP contribution is 2.20. The fourth-order valence-electron chi connectivity index (χ4n) is 6.50. The Labute approximate surface area is 313 Å². The average molecular weight is 748 g/mol. The maximum absolute atomic E-state index is 14.3. The molecule has 0 saturated carbocycles. The number of carbonyl (C=O) groups excluding carboxylic acids is 6. The number of amides is 6. The van der Waals surface area contributed by atoms with E-state index < -0.39 is 53.7 Å². The van der Waals surface area contributed by atoms with Crippen LogP contribution >= 0.6 is 0 Å². The van der Waals surface area contributed by atoms with Crippen LogP contribution in [0.1, 0.15) is 50.8 Å². The van der Waals surface area contributed by atoms with Crippen molar-refractivity contribution in [2.45, 2.75) is 83.3 Å². The number of carbonyl (C=O) groups is 6. The normalized spacial score (nSPS) is 21.8. The van der Waals surface area contributed by atoms with E-state index in [1.165, 1.54) is 11.1 Å². The molecule has 1 fully saturated rings. The van der Waals surface area contributed by atoms with E-state index in [4.69, 9.17) is 15.2 Å². The topological polar surface area (TPSA) is 229 Å². The molecule has 4 atom stereocenters. The monoisotopic (exact) mass is 747 g/mol. The quantitative estimate of drug-likeness (QED) is 0.212. The molecular weight excluding hydrogens is 698 g/mol. The number of hydrogen-bond donors (Lipinski definition) is 5. The van der Waals surface area contributed by atoms with Crippen LogP contribution < -0.4 is 27.0 Å². The molecule has 6 amide bonds. The number of benzene rings is 2. The van der Waals surface area contributed by atoms with Crippen molar-refractivity contribution in [1.82, 2.24) is 41.2 Å². The summed E-state index contributed by atoms with van der Waals surface area (Å²) in [5, 5.41) is 20.7. The minimum absolute atomic E-state index is 0.0197. The minimum atomic E-state index is -1.31. The van der Waals surface area contributed by atoms with Crippen LogP contribution in [0.5, 0.6) is 0 Å². The van der Waals surface area contributed by atoms with Gasteiger partial charge in [0.15, 0.2) is 0 Å². The molecule has 3 aromatic rings. The summed E-state index contributed by atoms with van der Waals surface area (Å²) in [5.74, 6) is -3.55. The van der Waals surface area contributed by atoms with Crippen molar-refractivity contribution in [3.63, 3.8) is 0 Å². The number of nitrogens with two attached hydrogens (primary N) is 1. The first-order valence-electron chi connectivity index (χ1n) is 18.3. The molecule has 6 N–H and O–H groups in total. The first-order chi connectivity index (χ1) is 26.0. The highest BCUT2D eigenvalue weighted by atomic mass is 16.5. The SMILES string of the molecule is CC(C)C[C@H](NC(=O)[C@@H]1COCc2cnnn2CCCCC(=O)NCC(=O)N2CCOC[C@H]2C(=O)N[C@@H](Cc2cccc3ccccc23)C(=O)N1)C(N)=O. The maximum Gasteiger partial charge on any atom is 0.245 e. The van der Waals surface area contributed by atoms with Crippen molar-refractivity contribution in [3.05, 3.63) is 59.9 Å². The molecule has 54 heavy (non-hydrogen) atoms. The summed E-state index contributed by atoms with van der Waals surface area (Å²) >= 11 is 0. The van der Waals surface area contributed by atoms with Crippen molar-refractivity contribution in [2.24, 2.45) is 11.7 Å². The van der Waals surface area contributed by atoms with Gasteiger partial charge in [0.1, 0.15) is 24.2 Å². The number of morpholine rings is 1. The Morgan fingerprint density at radius 3 is 2.57 bits per heavy atom. The summed E-state index contributed by atoms with van der Waals surface area (Å²) in [7, 11) is 0. The van der Waals surface area contributed by atoms with Gasteiger partial charge in [-0.15, -0.1) is 5.10 Å². The number of aromatic nitrogens is 3. The van der Waals surface area contributed by atoms with Gasteiger partial charge in [-0.2, -0.15) is 0 Å². The van der Waals surface area contributed by atoms with Crippen molar-refractivity contribution >= 4 is 46.2 Å². The zero-order valence-corrected chi connectivity index (χ0v) is 30.6. The summed E-state index contributed by atoms with van der Waals surface area (Å²) in [6, 6.07) is 8.57. The van der Waals surface area contributed by atoms with E-state index in [-0.39, 0.29) is 70.6 Å². The van der Waals surface area contributed by atoms with Crippen LogP contribution in [0.4, 0.5) is 0 Å². The number of hydrogen-bond acceptors (Lipinski definition) is 10. The summed E-state index contributed by atoms with van der Waals surface area (Å²) in [6.45, 7) is 3.71. The third-order valence-corrected chi connectivity index (χ3v) is 9.38. The molecule has 3 heterocycles. The lowest BCUT2D eigenvalue weighted by molar-refractivity contribution is -0.149. The van der Waals surface area contributed by atoms with Gasteiger partial charge in [-0.05, 0) is 41.5 Å². The van der Waals surface area contributed by atoms with Gasteiger partial charge in [-0.3, -0.25) is 28.8 Å². The van der Waals surface area contributed by atoms with Crippen LogP contribution in [-0.2, 0) is 57.8 Å². The van der Waals surface area contributed by atoms with Crippen LogP contribution in [0.15, 0.2) is 48.7 Å². The lowest BCUT2D eigenvalue weighted by Crippen LogP contribution is -2.62. The number of fused-ring (bicyclic) bond motifs is 3. The largest absolute Gasteiger partial charge is 0.377 e. The molecule has 0 radical (unpaired) electrons. The highest BCUT2D eigenvalue weighted by molar-refractivity contribution is 5.96. The average Bonchev–Trinajstić information content (AvgIpc) is 3.60. The minimum Gasteiger partial charge on any atom is -0.377 e. The van der Waals surface area contributed by atoms with Crippen LogP contribution in [-0.4, -0.2) is 112 Å². The second-order valence-corrected chi connectivity index (χ2v) is 13.9. The van der Waals surface area contributed by atoms with Crippen LogP contribution in [0.2, 0.25) is 0 Å². The van der Waals surface area contributed by atoms with E-state index in [1.54, 1.807) is 4.68 Å². The highest BCUT2D eigenvalue weighted by Gasteiger charge is 2.36. The number of nitrogens with zero attached hydrogens (tertiary/aromatic N) is 4. The lowest BCUT2D eigenvalue weighted by Gasteiger charge is -2.35. The molecule has 17 heteroatoms. The number of nitrogens with one attached hydrogen (secondary N) is 4. The van der Waals surface area contributed by atoms with E-state index in [0.29, 0.717) is 25.1 Å². The van der Waals surface area contributed by atoms with Crippen molar-refractivity contribution in [3.8, 4) is 0 Å². The van der Waals surface area contributed by atoms with Gasteiger partial charge in [-0.25, -0.2) is 4.68 Å². The number of ether oxygens (including phenoxy) is 2. The third kappa shape index (κ3) is 10.8. The first kappa shape index (κ1) is 39.8. The molecule has 5 rings (SSSR count). The Balaban J connectivity index is 1.47. The fraction of sp³-hybridized carbons (Fsp3) is 0.514. The van der Waals surface area contributed by atoms with Crippen molar-refractivity contribution in [1.29, 1.82) is 0 Å². The first-order valence-corrected chi connectivity index (χ1v) is 18.3. The Bertz CT molecular complexity index is 1810. The second kappa shape index (κ2) is 19.1. The number of primary amides is 1. The summed E-state index contributed by atoms with van der Waals surface area (Å²) in [4.78, 5) is 81.7. The Kier molecular flexibility index (Phi) is 14.0. The standard InChI is InChI=1S/C37H49N9O8/c1-23(2)16-28(34(38)49)41-36(51)30-21-54-20-26-18-40-44-46(26)13-6-5-12-32(47)39-19-33(48)45-14-15-53-22-31(45)37(52)42-29(35(50)43-30)17-25-10-7-9-24-8-3-4-11-27(24)25/h3-4,7-11,18,23,28-31H,5-6,12-17,19-22H2,1-2H3,(H2,38,49)(H,39,47)(H,41,51)(H,42,52)(H,43,50)/t28-,29-,30-,31-/m0/s1. The number of aryl methyl sites for hydroxylation is 1. The Morgan fingerprint density at radius 1 is 0.981 bits per heavy atom. The molecule has 17 nitrogen and oxygen atoms in total. The van der Waals surface area contributed by atoms with Crippen molar-refractivity contribution < 1.29 is 38.2 Å². The molecule has 2 aliphatic rings. The van der Waals surface area contributed by atoms with E-state index in [2.05, 4.69) is 31.6 Å². The van der Waals surface area contributed by atoms with Gasteiger partial charge in [0, 0.05) is 25.9 Å². The van der Waals surface area contributed by atoms with Gasteiger partial charge < -0.3 is 41.4 Å². The van der Waals surface area contributed by atoms with Gasteiger partial charge in [-0.1, -0.05) is 61.5 Å². The molecule has 1 aromatic heterocycles. The summed E-state index contributed by atoms with van der Waals surface area (Å²) in [6.07, 6.45) is 3.06. The molecule has 0 unspecified atom stereocenters. The molecule has 2 aromatic carbocycles. The van der Waals surface area contributed by atoms with Gasteiger partial charge in [0.25, 0.3) is 0 Å². The predicted molar refractivity (Wildman–Crippen MR) is 195 cm³/mol. The van der Waals surface area contributed by atoms with Gasteiger partial charge >= 0.3 is 0 Å². The molecule has 0 aliphatic carbocycles. The van der Waals surface area contributed by atoms with Crippen LogP contribution in [0, 0.1) is 5.92 Å². The maximum atomic E-state index is 14.3. The lowest BCUT2D eigenvalue weighted by atomic mass is 9.97. The Hall–Kier alpha value is -5.42. The molecule has 0 spiro atoms. The van der Waals surface area contributed by atoms with Gasteiger partial charge in [0.2, 0.25) is 35.4 Å². The van der Waals surface area contributed by atoms with E-state index in [9.17, 15) is 28.8 Å². The fourth-order valence-corrected chi connectivity index (χ4v) is 6.50. The van der Waals surface area contributed by atoms with Crippen LogP contribution in [0.25, 0.3) is 10.8 Å². The molecule has 1 saturated heterocycles. The predicted octanol–water partition coefficient (Wildman–Crippen LogP) is -0.296. The second-order valence-electron chi connectivity index (χ2n) is 13.9. The molecule has 2 aliphatic heterocycles. The third-order valence-electron chi connectivity index (χ3n) is 9.38. The number of rotatable bonds is 7. The molecule has 0 bridgehead atoms. The Morgan fingerprint density at radius 2 is 1.78 bits per heavy atom. The molecular formula is C37H49N9O8. The zero-order valence-electron chi connectivity index (χ0n) is 30.6. The van der Waals surface area contributed by atoms with Crippen molar-refractivity contribution in [2.75, 3.05) is 32.9 Å². The van der Waals surface area contributed by atoms with E-state index in [0.717, 1.165) is 16.3 Å². The summed E-state index contributed by atoms with van der Waals surface area (Å²) in [5.41, 5.74) is 6.97.